The van der Waals surface area contributed by atoms with E-state index in [9.17, 15) is 4.39 Å². The highest BCUT2D eigenvalue weighted by Gasteiger charge is 2.00. The number of nitrogens with zero attached hydrogens (tertiary/aromatic N) is 1. The Morgan fingerprint density at radius 2 is 2.11 bits per heavy atom. The van der Waals surface area contributed by atoms with Crippen LogP contribution in [0.5, 0.6) is 5.88 Å². The Kier molecular flexibility index (Phi) is 3.77. The first kappa shape index (κ1) is 12.4. The molecule has 0 spiro atoms. The van der Waals surface area contributed by atoms with Crippen LogP contribution in [-0.4, -0.2) is 12.1 Å². The quantitative estimate of drug-likeness (QED) is 0.899. The molecule has 2 aromatic rings. The monoisotopic (exact) mass is 246 g/mol. The first-order chi connectivity index (χ1) is 8.69. The van der Waals surface area contributed by atoms with Gasteiger partial charge in [-0.3, -0.25) is 0 Å². The van der Waals surface area contributed by atoms with Crippen LogP contribution in [0, 0.1) is 12.7 Å². The van der Waals surface area contributed by atoms with Crippen molar-refractivity contribution in [3.63, 3.8) is 0 Å². The molecule has 3 nitrogen and oxygen atoms in total. The van der Waals surface area contributed by atoms with Crippen molar-refractivity contribution in [2.45, 2.75) is 13.5 Å². The molecule has 0 unspecified atom stereocenters. The molecule has 0 aliphatic rings. The molecule has 0 amide bonds. The summed E-state index contributed by atoms with van der Waals surface area (Å²) in [6.07, 6.45) is 1.73. The Balaban J connectivity index is 1.99. The van der Waals surface area contributed by atoms with Crippen molar-refractivity contribution in [3.8, 4) is 5.88 Å². The number of methoxy groups -OCH3 is 1. The van der Waals surface area contributed by atoms with E-state index in [4.69, 9.17) is 4.74 Å². The van der Waals surface area contributed by atoms with E-state index in [1.54, 1.807) is 32.4 Å². The predicted molar refractivity (Wildman–Crippen MR) is 69.3 cm³/mol. The molecule has 0 saturated carbocycles. The molecule has 4 heteroatoms. The van der Waals surface area contributed by atoms with Crippen molar-refractivity contribution in [2.24, 2.45) is 0 Å². The minimum absolute atomic E-state index is 0.201. The Morgan fingerprint density at radius 3 is 2.72 bits per heavy atom. The molecule has 1 heterocycles. The second-order valence-electron chi connectivity index (χ2n) is 4.03. The maximum absolute atomic E-state index is 13.3. The van der Waals surface area contributed by atoms with Crippen LogP contribution in [0.1, 0.15) is 11.1 Å². The molecule has 0 bridgehead atoms. The highest BCUT2D eigenvalue weighted by atomic mass is 19.1. The number of rotatable bonds is 4. The SMILES string of the molecule is COc1ccc(CNc2ccc(C)c(F)c2)cn1. The lowest BCUT2D eigenvalue weighted by molar-refractivity contribution is 0.397. The van der Waals surface area contributed by atoms with Crippen molar-refractivity contribution in [2.75, 3.05) is 12.4 Å². The zero-order valence-electron chi connectivity index (χ0n) is 10.4. The number of hydrogen-bond acceptors (Lipinski definition) is 3. The van der Waals surface area contributed by atoms with Crippen molar-refractivity contribution in [3.05, 3.63) is 53.5 Å². The van der Waals surface area contributed by atoms with Crippen LogP contribution in [0.3, 0.4) is 0 Å². The van der Waals surface area contributed by atoms with Gasteiger partial charge in [-0.05, 0) is 30.2 Å². The van der Waals surface area contributed by atoms with Crippen LogP contribution < -0.4 is 10.1 Å². The Hall–Kier alpha value is -2.10. The van der Waals surface area contributed by atoms with Crippen molar-refractivity contribution in [1.29, 1.82) is 0 Å². The summed E-state index contributed by atoms with van der Waals surface area (Å²) in [5, 5.41) is 3.15. The van der Waals surface area contributed by atoms with Gasteiger partial charge in [-0.2, -0.15) is 0 Å². The number of halogens is 1. The summed E-state index contributed by atoms with van der Waals surface area (Å²) in [7, 11) is 1.58. The first-order valence-corrected chi connectivity index (χ1v) is 5.68. The van der Waals surface area contributed by atoms with Gasteiger partial charge in [0.1, 0.15) is 5.82 Å². The van der Waals surface area contributed by atoms with Crippen LogP contribution in [0.25, 0.3) is 0 Å². The van der Waals surface area contributed by atoms with E-state index < -0.39 is 0 Å². The van der Waals surface area contributed by atoms with Crippen LogP contribution in [0.2, 0.25) is 0 Å². The number of aromatic nitrogens is 1. The smallest absolute Gasteiger partial charge is 0.212 e. The van der Waals surface area contributed by atoms with Crippen LogP contribution in [0.15, 0.2) is 36.5 Å². The van der Waals surface area contributed by atoms with Gasteiger partial charge in [0, 0.05) is 24.5 Å². The molecule has 94 valence electrons. The van der Waals surface area contributed by atoms with Crippen LogP contribution in [-0.2, 0) is 6.54 Å². The molecule has 0 aliphatic carbocycles. The number of nitrogens with one attached hydrogen (secondary N) is 1. The van der Waals surface area contributed by atoms with Gasteiger partial charge >= 0.3 is 0 Å². The number of ether oxygens (including phenoxy) is 1. The number of anilines is 1. The topological polar surface area (TPSA) is 34.1 Å². The fourth-order valence-electron chi connectivity index (χ4n) is 1.54. The summed E-state index contributed by atoms with van der Waals surface area (Å²) in [6.45, 7) is 2.34. The predicted octanol–water partition coefficient (Wildman–Crippen LogP) is 3.15. The zero-order chi connectivity index (χ0) is 13.0. The lowest BCUT2D eigenvalue weighted by Gasteiger charge is -2.07. The third kappa shape index (κ3) is 2.97. The fraction of sp³-hybridized carbons (Fsp3) is 0.214. The molecule has 0 aliphatic heterocycles. The Morgan fingerprint density at radius 1 is 1.28 bits per heavy atom. The number of pyridine rings is 1. The first-order valence-electron chi connectivity index (χ1n) is 5.68. The third-order valence-electron chi connectivity index (χ3n) is 2.68. The van der Waals surface area contributed by atoms with E-state index in [1.807, 2.05) is 12.1 Å². The van der Waals surface area contributed by atoms with Crippen LogP contribution >= 0.6 is 0 Å². The molecular formula is C14H15FN2O. The van der Waals surface area contributed by atoms with Gasteiger partial charge in [-0.15, -0.1) is 0 Å². The molecule has 0 fully saturated rings. The maximum Gasteiger partial charge on any atom is 0.212 e. The molecular weight excluding hydrogens is 231 g/mol. The Bertz CT molecular complexity index is 526. The van der Waals surface area contributed by atoms with Gasteiger partial charge < -0.3 is 10.1 Å². The minimum Gasteiger partial charge on any atom is -0.481 e. The van der Waals surface area contributed by atoms with E-state index in [2.05, 4.69) is 10.3 Å². The second kappa shape index (κ2) is 5.49. The largest absolute Gasteiger partial charge is 0.481 e. The summed E-state index contributed by atoms with van der Waals surface area (Å²) in [4.78, 5) is 4.10. The average molecular weight is 246 g/mol. The highest BCUT2D eigenvalue weighted by Crippen LogP contribution is 2.15. The molecule has 1 N–H and O–H groups in total. The Labute approximate surface area is 106 Å². The minimum atomic E-state index is -0.201. The van der Waals surface area contributed by atoms with Crippen LogP contribution in [0.4, 0.5) is 10.1 Å². The lowest BCUT2D eigenvalue weighted by atomic mass is 10.2. The molecule has 0 saturated heterocycles. The van der Waals surface area contributed by atoms with Gasteiger partial charge in [0.25, 0.3) is 0 Å². The van der Waals surface area contributed by atoms with E-state index in [1.165, 1.54) is 6.07 Å². The normalized spacial score (nSPS) is 10.2. The summed E-state index contributed by atoms with van der Waals surface area (Å²) < 4.78 is 18.3. The number of aryl methyl sites for hydroxylation is 1. The van der Waals surface area contributed by atoms with Crippen molar-refractivity contribution < 1.29 is 9.13 Å². The van der Waals surface area contributed by atoms with Gasteiger partial charge in [0.05, 0.1) is 7.11 Å². The highest BCUT2D eigenvalue weighted by molar-refractivity contribution is 5.45. The standard InChI is InChI=1S/C14H15FN2O/c1-10-3-5-12(7-13(10)15)16-8-11-4-6-14(18-2)17-9-11/h3-7,9,16H,8H2,1-2H3. The average Bonchev–Trinajstić information content (AvgIpc) is 2.41. The summed E-state index contributed by atoms with van der Waals surface area (Å²) >= 11 is 0. The lowest BCUT2D eigenvalue weighted by Crippen LogP contribution is -2.01. The summed E-state index contributed by atoms with van der Waals surface area (Å²) in [6, 6.07) is 8.82. The van der Waals surface area contributed by atoms with Crippen molar-refractivity contribution >= 4 is 5.69 Å². The molecule has 0 radical (unpaired) electrons. The molecule has 1 aromatic carbocycles. The molecule has 18 heavy (non-hydrogen) atoms. The summed E-state index contributed by atoms with van der Waals surface area (Å²) in [5.74, 6) is 0.382. The van der Waals surface area contributed by atoms with E-state index in [0.717, 1.165) is 11.3 Å². The molecule has 2 rings (SSSR count). The third-order valence-corrected chi connectivity index (χ3v) is 2.68. The van der Waals surface area contributed by atoms with E-state index in [0.29, 0.717) is 18.0 Å². The number of hydrogen-bond donors (Lipinski definition) is 1. The maximum atomic E-state index is 13.3. The van der Waals surface area contributed by atoms with Crippen molar-refractivity contribution in [1.82, 2.24) is 4.98 Å². The van der Waals surface area contributed by atoms with Gasteiger partial charge in [-0.25, -0.2) is 9.37 Å². The fourth-order valence-corrected chi connectivity index (χ4v) is 1.54. The number of benzene rings is 1. The van der Waals surface area contributed by atoms with E-state index in [-0.39, 0.29) is 5.82 Å². The second-order valence-corrected chi connectivity index (χ2v) is 4.03. The van der Waals surface area contributed by atoms with E-state index >= 15 is 0 Å². The van der Waals surface area contributed by atoms with Gasteiger partial charge in [0.15, 0.2) is 0 Å². The van der Waals surface area contributed by atoms with Gasteiger partial charge in [-0.1, -0.05) is 12.1 Å². The molecule has 1 aromatic heterocycles. The molecule has 0 atom stereocenters. The summed E-state index contributed by atoms with van der Waals surface area (Å²) in [5.41, 5.74) is 2.41. The zero-order valence-corrected chi connectivity index (χ0v) is 10.4. The van der Waals surface area contributed by atoms with Gasteiger partial charge in [0.2, 0.25) is 5.88 Å².